The number of para-hydroxylation sites is 3. The number of benzene rings is 12. The Kier molecular flexibility index (Phi) is 9.53. The molecule has 3 nitrogen and oxygen atoms in total. The zero-order valence-electron chi connectivity index (χ0n) is 38.7. The molecule has 71 heavy (non-hydrogen) atoms. The van der Waals surface area contributed by atoms with Gasteiger partial charge in [-0.1, -0.05) is 176 Å². The van der Waals surface area contributed by atoms with Crippen LogP contribution >= 0.6 is 0 Å². The Bertz CT molecular complexity index is 4310. The molecular weight excluding hydrogens is 861 g/mol. The molecule has 2 aromatic heterocycles. The summed E-state index contributed by atoms with van der Waals surface area (Å²) in [7, 11) is 0. The number of nitrogens with zero attached hydrogens (tertiary/aromatic N) is 2. The highest BCUT2D eigenvalue weighted by atomic mass is 16.3. The molecule has 0 spiro atoms. The van der Waals surface area contributed by atoms with E-state index >= 15 is 0 Å². The minimum atomic E-state index is 0.886. The predicted molar refractivity (Wildman–Crippen MR) is 299 cm³/mol. The van der Waals surface area contributed by atoms with Crippen molar-refractivity contribution in [1.82, 2.24) is 4.57 Å². The van der Waals surface area contributed by atoms with E-state index in [-0.39, 0.29) is 0 Å². The van der Waals surface area contributed by atoms with Crippen molar-refractivity contribution in [2.75, 3.05) is 4.90 Å². The normalized spacial score (nSPS) is 11.7. The molecule has 332 valence electrons. The van der Waals surface area contributed by atoms with Crippen molar-refractivity contribution >= 4 is 82.4 Å². The molecule has 0 atom stereocenters. The van der Waals surface area contributed by atoms with Gasteiger partial charge in [-0.05, 0) is 157 Å². The van der Waals surface area contributed by atoms with Gasteiger partial charge in [0, 0.05) is 44.3 Å². The molecule has 0 amide bonds. The van der Waals surface area contributed by atoms with Crippen LogP contribution in [0, 0.1) is 0 Å². The lowest BCUT2D eigenvalue weighted by molar-refractivity contribution is 0.669. The van der Waals surface area contributed by atoms with Crippen molar-refractivity contribution < 1.29 is 4.42 Å². The summed E-state index contributed by atoms with van der Waals surface area (Å²) in [5.41, 5.74) is 17.8. The fourth-order valence-electron chi connectivity index (χ4n) is 11.0. The van der Waals surface area contributed by atoms with Crippen LogP contribution < -0.4 is 4.90 Å². The van der Waals surface area contributed by atoms with Crippen LogP contribution in [0.1, 0.15) is 0 Å². The summed E-state index contributed by atoms with van der Waals surface area (Å²) in [5.74, 6) is 0. The maximum atomic E-state index is 6.36. The van der Waals surface area contributed by atoms with E-state index in [1.165, 1.54) is 60.0 Å². The first kappa shape index (κ1) is 40.6. The molecule has 0 saturated carbocycles. The number of rotatable bonds is 8. The van der Waals surface area contributed by atoms with Gasteiger partial charge < -0.3 is 13.9 Å². The highest BCUT2D eigenvalue weighted by Crippen LogP contribution is 2.43. The van der Waals surface area contributed by atoms with Crippen molar-refractivity contribution in [3.8, 4) is 50.2 Å². The second-order valence-electron chi connectivity index (χ2n) is 18.5. The molecule has 0 aliphatic rings. The van der Waals surface area contributed by atoms with Crippen molar-refractivity contribution in [2.24, 2.45) is 0 Å². The molecule has 14 aromatic rings. The number of aromatic nitrogens is 1. The summed E-state index contributed by atoms with van der Waals surface area (Å²) in [6.07, 6.45) is 0. The Balaban J connectivity index is 0.859. The molecule has 0 radical (unpaired) electrons. The smallest absolute Gasteiger partial charge is 0.136 e. The lowest BCUT2D eigenvalue weighted by Gasteiger charge is -2.27. The van der Waals surface area contributed by atoms with Gasteiger partial charge in [-0.2, -0.15) is 0 Å². The standard InChI is InChI=1S/C68H44N2O/c1-2-24-57-52(15-1)43-64(59-26-4-3-25-58(57)59)51-20-14-22-55(42-51)69(54-21-12-19-49(40-54)50-35-38-63-62-29-7-10-32-67(62)71-68(63)44-50)53-36-33-45(34-37-53)46-16-11-17-47(39-46)48-18-13-23-56(41-48)70-65-30-8-5-27-60(65)61-28-6-9-31-66(61)70/h1-44H. The van der Waals surface area contributed by atoms with Gasteiger partial charge in [-0.15, -0.1) is 0 Å². The number of anilines is 3. The largest absolute Gasteiger partial charge is 0.456 e. The molecule has 0 unspecified atom stereocenters. The number of furan rings is 1. The minimum Gasteiger partial charge on any atom is -0.456 e. The lowest BCUT2D eigenvalue weighted by Crippen LogP contribution is -2.10. The maximum Gasteiger partial charge on any atom is 0.136 e. The van der Waals surface area contributed by atoms with Gasteiger partial charge in [0.05, 0.1) is 11.0 Å². The molecule has 3 heteroatoms. The monoisotopic (exact) mass is 904 g/mol. The summed E-state index contributed by atoms with van der Waals surface area (Å²) in [6, 6.07) is 96.8. The fraction of sp³-hybridized carbons (Fsp3) is 0. The van der Waals surface area contributed by atoms with Gasteiger partial charge in [0.25, 0.3) is 0 Å². The Labute approximate surface area is 411 Å². The van der Waals surface area contributed by atoms with E-state index in [1.807, 2.05) is 12.1 Å². The Hall–Kier alpha value is -9.44. The van der Waals surface area contributed by atoms with E-state index in [0.29, 0.717) is 0 Å². The van der Waals surface area contributed by atoms with Gasteiger partial charge in [-0.3, -0.25) is 0 Å². The zero-order valence-corrected chi connectivity index (χ0v) is 38.7. The van der Waals surface area contributed by atoms with Crippen molar-refractivity contribution in [3.05, 3.63) is 267 Å². The van der Waals surface area contributed by atoms with Crippen LogP contribution in [-0.2, 0) is 0 Å². The van der Waals surface area contributed by atoms with Gasteiger partial charge in [-0.25, -0.2) is 0 Å². The third-order valence-electron chi connectivity index (χ3n) is 14.3. The Morgan fingerprint density at radius 2 is 0.775 bits per heavy atom. The van der Waals surface area contributed by atoms with E-state index in [1.54, 1.807) is 0 Å². The van der Waals surface area contributed by atoms with Crippen LogP contribution in [0.3, 0.4) is 0 Å². The third-order valence-corrected chi connectivity index (χ3v) is 14.3. The summed E-state index contributed by atoms with van der Waals surface area (Å²) in [5, 5.41) is 9.77. The molecule has 0 aliphatic carbocycles. The third kappa shape index (κ3) is 6.97. The maximum absolute atomic E-state index is 6.36. The molecule has 0 N–H and O–H groups in total. The second-order valence-corrected chi connectivity index (χ2v) is 18.5. The van der Waals surface area contributed by atoms with Crippen molar-refractivity contribution in [2.45, 2.75) is 0 Å². The highest BCUT2D eigenvalue weighted by molar-refractivity contribution is 6.14. The molecule has 0 aliphatic heterocycles. The molecular formula is C68H44N2O. The van der Waals surface area contributed by atoms with E-state index < -0.39 is 0 Å². The summed E-state index contributed by atoms with van der Waals surface area (Å²) < 4.78 is 8.75. The van der Waals surface area contributed by atoms with Gasteiger partial charge in [0.2, 0.25) is 0 Å². The van der Waals surface area contributed by atoms with Gasteiger partial charge in [0.15, 0.2) is 0 Å². The molecule has 0 fully saturated rings. The van der Waals surface area contributed by atoms with Gasteiger partial charge >= 0.3 is 0 Å². The second kappa shape index (κ2) is 16.7. The topological polar surface area (TPSA) is 21.3 Å². The first-order chi connectivity index (χ1) is 35.2. The van der Waals surface area contributed by atoms with Crippen LogP contribution in [0.5, 0.6) is 0 Å². The van der Waals surface area contributed by atoms with Crippen LogP contribution in [0.25, 0.3) is 115 Å². The minimum absolute atomic E-state index is 0.886. The lowest BCUT2D eigenvalue weighted by atomic mass is 9.93. The Morgan fingerprint density at radius 3 is 1.52 bits per heavy atom. The number of hydrogen-bond acceptors (Lipinski definition) is 2. The quantitative estimate of drug-likeness (QED) is 0.142. The van der Waals surface area contributed by atoms with Crippen molar-refractivity contribution in [1.29, 1.82) is 0 Å². The molecule has 14 rings (SSSR count). The SMILES string of the molecule is c1cc(-c2ccc(N(c3cccc(-c4ccc5c(c4)oc4ccccc45)c3)c3cccc(-c4cc5ccccc5c5ccccc45)c3)cc2)cc(-c2cccc(-n3c4ccccc4c4ccccc43)c2)c1. The van der Waals surface area contributed by atoms with Crippen LogP contribution in [0.15, 0.2) is 271 Å². The number of fused-ring (bicyclic) bond motifs is 9. The highest BCUT2D eigenvalue weighted by Gasteiger charge is 2.18. The van der Waals surface area contributed by atoms with Gasteiger partial charge in [0.1, 0.15) is 11.2 Å². The van der Waals surface area contributed by atoms with Crippen LogP contribution in [0.4, 0.5) is 17.1 Å². The molecule has 2 heterocycles. The first-order valence-electron chi connectivity index (χ1n) is 24.3. The van der Waals surface area contributed by atoms with E-state index in [2.05, 4.69) is 264 Å². The summed E-state index contributed by atoms with van der Waals surface area (Å²) >= 11 is 0. The fourth-order valence-corrected chi connectivity index (χ4v) is 11.0. The summed E-state index contributed by atoms with van der Waals surface area (Å²) in [4.78, 5) is 2.39. The van der Waals surface area contributed by atoms with E-state index in [4.69, 9.17) is 4.42 Å². The Morgan fingerprint density at radius 1 is 0.268 bits per heavy atom. The van der Waals surface area contributed by atoms with E-state index in [0.717, 1.165) is 72.5 Å². The number of hydrogen-bond donors (Lipinski definition) is 0. The average molecular weight is 905 g/mol. The predicted octanol–water partition coefficient (Wildman–Crippen LogP) is 19.1. The molecule has 0 saturated heterocycles. The van der Waals surface area contributed by atoms with Crippen LogP contribution in [0.2, 0.25) is 0 Å². The molecule has 0 bridgehead atoms. The van der Waals surface area contributed by atoms with Crippen molar-refractivity contribution in [3.63, 3.8) is 0 Å². The summed E-state index contributed by atoms with van der Waals surface area (Å²) in [6.45, 7) is 0. The average Bonchev–Trinajstić information content (AvgIpc) is 3.99. The van der Waals surface area contributed by atoms with E-state index in [9.17, 15) is 0 Å². The molecule has 12 aromatic carbocycles. The first-order valence-corrected chi connectivity index (χ1v) is 24.3. The zero-order chi connectivity index (χ0) is 46.8. The van der Waals surface area contributed by atoms with Crippen LogP contribution in [-0.4, -0.2) is 4.57 Å².